The Morgan fingerprint density at radius 3 is 2.61 bits per heavy atom. The number of carbonyl (C=O) groups is 1. The number of thiophene rings is 2. The fourth-order valence-corrected chi connectivity index (χ4v) is 6.62. The first kappa shape index (κ1) is 14.2. The molecule has 2 aromatic heterocycles. The monoisotopic (exact) mass is 344 g/mol. The molecule has 1 amide bonds. The Morgan fingerprint density at radius 2 is 1.91 bits per heavy atom. The highest BCUT2D eigenvalue weighted by molar-refractivity contribution is 7.22. The van der Waals surface area contributed by atoms with Gasteiger partial charge < -0.3 is 10.2 Å². The fourth-order valence-electron chi connectivity index (χ4n) is 4.88. The normalized spacial score (nSPS) is 34.7. The molecule has 0 spiro atoms. The number of nitrogens with one attached hydrogen (secondary N) is 1. The molecule has 0 unspecified atom stereocenters. The maximum atomic E-state index is 12.7. The summed E-state index contributed by atoms with van der Waals surface area (Å²) in [6, 6.07) is 8.62. The second-order valence-electron chi connectivity index (χ2n) is 7.22. The summed E-state index contributed by atoms with van der Waals surface area (Å²) in [5.74, 6) is 2.35. The lowest BCUT2D eigenvalue weighted by atomic mass is 9.65. The van der Waals surface area contributed by atoms with Crippen molar-refractivity contribution in [3.8, 4) is 9.75 Å². The Bertz CT molecular complexity index is 693. The third kappa shape index (κ3) is 2.46. The van der Waals surface area contributed by atoms with Crippen LogP contribution in [0, 0.1) is 17.8 Å². The second-order valence-corrected chi connectivity index (χ2v) is 9.25. The molecule has 0 radical (unpaired) electrons. The highest BCUT2D eigenvalue weighted by Crippen LogP contribution is 2.43. The van der Waals surface area contributed by atoms with Crippen LogP contribution < -0.4 is 5.32 Å². The van der Waals surface area contributed by atoms with Crippen LogP contribution in [-0.2, 0) is 0 Å². The van der Waals surface area contributed by atoms with Crippen molar-refractivity contribution in [3.63, 3.8) is 0 Å². The molecule has 4 bridgehead atoms. The van der Waals surface area contributed by atoms with Gasteiger partial charge in [0.2, 0.25) is 0 Å². The van der Waals surface area contributed by atoms with E-state index in [2.05, 4.69) is 33.8 Å². The second kappa shape index (κ2) is 5.43. The summed E-state index contributed by atoms with van der Waals surface area (Å²) in [5.41, 5.74) is 0. The number of hydrogen-bond acceptors (Lipinski definition) is 4. The average molecular weight is 345 g/mol. The predicted octanol–water partition coefficient (Wildman–Crippen LogP) is 3.55. The number of rotatable bonds is 3. The largest absolute Gasteiger partial charge is 0.348 e. The molecule has 0 aromatic carbocycles. The van der Waals surface area contributed by atoms with E-state index in [0.717, 1.165) is 10.8 Å². The topological polar surface area (TPSA) is 32.3 Å². The minimum absolute atomic E-state index is 0.130. The molecule has 1 saturated carbocycles. The van der Waals surface area contributed by atoms with Gasteiger partial charge >= 0.3 is 0 Å². The van der Waals surface area contributed by atoms with Crippen LogP contribution in [0.1, 0.15) is 22.5 Å². The lowest BCUT2D eigenvalue weighted by Gasteiger charge is -2.55. The Kier molecular flexibility index (Phi) is 3.35. The first-order valence-electron chi connectivity index (χ1n) is 8.43. The van der Waals surface area contributed by atoms with Gasteiger partial charge in [0.1, 0.15) is 0 Å². The van der Waals surface area contributed by atoms with Gasteiger partial charge in [-0.2, -0.15) is 0 Å². The van der Waals surface area contributed by atoms with E-state index < -0.39 is 0 Å². The molecular formula is C18H20N2OS2. The van der Waals surface area contributed by atoms with Gasteiger partial charge in [-0.1, -0.05) is 6.07 Å². The summed E-state index contributed by atoms with van der Waals surface area (Å²) in [6.45, 7) is 3.66. The highest BCUT2D eigenvalue weighted by Gasteiger charge is 2.47. The molecule has 3 aliphatic heterocycles. The predicted molar refractivity (Wildman–Crippen MR) is 95.0 cm³/mol. The molecule has 6 rings (SSSR count). The summed E-state index contributed by atoms with van der Waals surface area (Å²) in [7, 11) is 0. The van der Waals surface area contributed by atoms with Crippen LogP contribution in [0.4, 0.5) is 0 Å². The van der Waals surface area contributed by atoms with E-state index in [9.17, 15) is 4.79 Å². The Morgan fingerprint density at radius 1 is 1.09 bits per heavy atom. The number of piperidine rings is 3. The van der Waals surface area contributed by atoms with Crippen molar-refractivity contribution in [2.45, 2.75) is 18.9 Å². The van der Waals surface area contributed by atoms with Crippen molar-refractivity contribution in [3.05, 3.63) is 34.5 Å². The smallest absolute Gasteiger partial charge is 0.261 e. The van der Waals surface area contributed by atoms with Crippen LogP contribution in [0.5, 0.6) is 0 Å². The van der Waals surface area contributed by atoms with Crippen molar-refractivity contribution < 1.29 is 4.79 Å². The first-order valence-corrected chi connectivity index (χ1v) is 10.1. The van der Waals surface area contributed by atoms with Gasteiger partial charge in [0.05, 0.1) is 4.88 Å². The molecule has 2 aromatic rings. The molecule has 5 heteroatoms. The van der Waals surface area contributed by atoms with E-state index in [1.165, 1.54) is 42.2 Å². The van der Waals surface area contributed by atoms with Gasteiger partial charge in [-0.3, -0.25) is 4.79 Å². The maximum Gasteiger partial charge on any atom is 0.261 e. The summed E-state index contributed by atoms with van der Waals surface area (Å²) in [5, 5.41) is 5.47. The maximum absolute atomic E-state index is 12.7. The zero-order valence-electron chi connectivity index (χ0n) is 12.9. The fraction of sp³-hybridized carbons (Fsp3) is 0.500. The molecule has 3 saturated heterocycles. The molecule has 2 atom stereocenters. The van der Waals surface area contributed by atoms with E-state index in [1.807, 2.05) is 6.07 Å². The van der Waals surface area contributed by atoms with E-state index in [-0.39, 0.29) is 5.91 Å². The van der Waals surface area contributed by atoms with Gasteiger partial charge in [0.25, 0.3) is 5.91 Å². The molecule has 23 heavy (non-hydrogen) atoms. The van der Waals surface area contributed by atoms with E-state index in [4.69, 9.17) is 0 Å². The van der Waals surface area contributed by atoms with Crippen molar-refractivity contribution in [2.24, 2.45) is 17.8 Å². The van der Waals surface area contributed by atoms with Crippen LogP contribution in [-0.4, -0.2) is 36.5 Å². The van der Waals surface area contributed by atoms with Gasteiger partial charge in [0, 0.05) is 35.4 Å². The lowest BCUT2D eigenvalue weighted by Crippen LogP contribution is -2.64. The van der Waals surface area contributed by atoms with E-state index >= 15 is 0 Å². The van der Waals surface area contributed by atoms with Gasteiger partial charge in [-0.15, -0.1) is 22.7 Å². The molecule has 1 N–H and O–H groups in total. The van der Waals surface area contributed by atoms with Crippen molar-refractivity contribution >= 4 is 28.6 Å². The van der Waals surface area contributed by atoms with E-state index in [1.54, 1.807) is 22.7 Å². The summed E-state index contributed by atoms with van der Waals surface area (Å²) in [4.78, 5) is 18.6. The van der Waals surface area contributed by atoms with Crippen LogP contribution >= 0.6 is 22.7 Å². The first-order chi connectivity index (χ1) is 11.3. The molecule has 4 fully saturated rings. The Balaban J connectivity index is 1.32. The molecule has 5 heterocycles. The minimum atomic E-state index is 0.130. The third-order valence-corrected chi connectivity index (χ3v) is 7.83. The van der Waals surface area contributed by atoms with Gasteiger partial charge in [-0.25, -0.2) is 0 Å². The Labute approximate surface area is 144 Å². The van der Waals surface area contributed by atoms with Crippen molar-refractivity contribution in [1.29, 1.82) is 0 Å². The molecule has 1 aliphatic carbocycles. The zero-order valence-corrected chi connectivity index (χ0v) is 14.5. The van der Waals surface area contributed by atoms with Crippen molar-refractivity contribution in [1.82, 2.24) is 10.2 Å². The lowest BCUT2D eigenvalue weighted by molar-refractivity contribution is -0.0418. The van der Waals surface area contributed by atoms with Crippen LogP contribution in [0.2, 0.25) is 0 Å². The quantitative estimate of drug-likeness (QED) is 0.923. The van der Waals surface area contributed by atoms with Crippen molar-refractivity contribution in [2.75, 3.05) is 19.6 Å². The molecular weight excluding hydrogens is 324 g/mol. The average Bonchev–Trinajstić information content (AvgIpc) is 3.20. The summed E-state index contributed by atoms with van der Waals surface area (Å²) in [6.07, 6.45) is 2.62. The van der Waals surface area contributed by atoms with Crippen LogP contribution in [0.15, 0.2) is 29.6 Å². The standard InChI is InChI=1S/C18H20N2OS2/c21-18(16-4-3-15(23-16)14-2-1-5-22-14)19-17-12-6-11-7-13(17)10-20(8-11)9-12/h1-5,11-13,17H,6-10H2,(H,19,21)/t11?,12-,13-,17?/m1/s1. The minimum Gasteiger partial charge on any atom is -0.348 e. The number of nitrogens with zero attached hydrogens (tertiary/aromatic N) is 1. The summed E-state index contributed by atoms with van der Waals surface area (Å²) < 4.78 is 0. The molecule has 3 nitrogen and oxygen atoms in total. The SMILES string of the molecule is O=C(NC1[C@@H]2CC3C[C@@H]1CN(C3)C2)c1ccc(-c2cccs2)s1. The summed E-state index contributed by atoms with van der Waals surface area (Å²) >= 11 is 3.34. The van der Waals surface area contributed by atoms with Gasteiger partial charge in [-0.05, 0) is 54.2 Å². The van der Waals surface area contributed by atoms with E-state index in [0.29, 0.717) is 17.9 Å². The highest BCUT2D eigenvalue weighted by atomic mass is 32.1. The van der Waals surface area contributed by atoms with Crippen LogP contribution in [0.3, 0.4) is 0 Å². The number of hydrogen-bond donors (Lipinski definition) is 1. The van der Waals surface area contributed by atoms with Crippen LogP contribution in [0.25, 0.3) is 9.75 Å². The molecule has 4 aliphatic rings. The Hall–Kier alpha value is -1.17. The number of carbonyl (C=O) groups excluding carboxylic acids is 1. The third-order valence-electron chi connectivity index (χ3n) is 5.68. The number of amides is 1. The van der Waals surface area contributed by atoms with Gasteiger partial charge in [0.15, 0.2) is 0 Å². The zero-order chi connectivity index (χ0) is 15.4. The molecule has 120 valence electrons.